The van der Waals surface area contributed by atoms with E-state index in [0.29, 0.717) is 42.3 Å². The van der Waals surface area contributed by atoms with Crippen molar-refractivity contribution < 1.29 is 14.3 Å². The van der Waals surface area contributed by atoms with E-state index in [2.05, 4.69) is 17.2 Å². The van der Waals surface area contributed by atoms with Gasteiger partial charge in [0.15, 0.2) is 5.90 Å². The monoisotopic (exact) mass is 467 g/mol. The summed E-state index contributed by atoms with van der Waals surface area (Å²) < 4.78 is 5.04. The number of aryl methyl sites for hydroxylation is 1. The van der Waals surface area contributed by atoms with Crippen LogP contribution in [0.25, 0.3) is 0 Å². The highest BCUT2D eigenvalue weighted by atomic mass is 32.1. The van der Waals surface area contributed by atoms with Crippen LogP contribution in [0.2, 0.25) is 0 Å². The van der Waals surface area contributed by atoms with E-state index in [1.165, 1.54) is 18.4 Å². The smallest absolute Gasteiger partial charge is 0.254 e. The van der Waals surface area contributed by atoms with Gasteiger partial charge in [-0.3, -0.25) is 15.0 Å². The Balaban J connectivity index is 1.60. The van der Waals surface area contributed by atoms with Crippen LogP contribution in [0.15, 0.2) is 12.2 Å². The molecule has 1 heterocycles. The highest BCUT2D eigenvalue weighted by Crippen LogP contribution is 2.42. The number of methoxy groups -OCH3 is 1. The molecule has 3 aliphatic rings. The number of fused-ring (bicyclic) bond motifs is 1. The van der Waals surface area contributed by atoms with Crippen molar-refractivity contribution in [1.29, 1.82) is 16.1 Å². The Morgan fingerprint density at radius 1 is 1.24 bits per heavy atom. The first kappa shape index (κ1) is 23.2. The Hall–Kier alpha value is -2.99. The van der Waals surface area contributed by atoms with Crippen molar-refractivity contribution in [2.24, 2.45) is 23.7 Å². The Kier molecular flexibility index (Phi) is 6.66. The number of rotatable bonds is 9. The zero-order chi connectivity index (χ0) is 23.7. The molecule has 9 heteroatoms. The first-order valence-corrected chi connectivity index (χ1v) is 12.2. The van der Waals surface area contributed by atoms with E-state index in [-0.39, 0.29) is 40.8 Å². The summed E-state index contributed by atoms with van der Waals surface area (Å²) >= 11 is 1.46. The lowest BCUT2D eigenvalue weighted by Gasteiger charge is -2.28. The van der Waals surface area contributed by atoms with E-state index in [9.17, 15) is 14.9 Å². The first-order valence-electron chi connectivity index (χ1n) is 11.4. The number of carbonyl (C=O) groups excluding carboxylic acids is 2. The number of nitrogens with one attached hydrogen (secondary N) is 4. The number of nitriles is 1. The predicted octanol–water partition coefficient (Wildman–Crippen LogP) is 3.68. The van der Waals surface area contributed by atoms with Gasteiger partial charge in [-0.1, -0.05) is 6.58 Å². The van der Waals surface area contributed by atoms with Gasteiger partial charge in [0.2, 0.25) is 5.91 Å². The van der Waals surface area contributed by atoms with E-state index < -0.39 is 5.92 Å². The van der Waals surface area contributed by atoms with Crippen molar-refractivity contribution >= 4 is 39.8 Å². The fraction of sp³-hybridized carbons (Fsp3) is 0.542. The molecule has 4 rings (SSSR count). The van der Waals surface area contributed by atoms with Gasteiger partial charge in [0, 0.05) is 34.5 Å². The highest BCUT2D eigenvalue weighted by Gasteiger charge is 2.37. The fourth-order valence-corrected chi connectivity index (χ4v) is 5.53. The van der Waals surface area contributed by atoms with Crippen molar-refractivity contribution in [3.63, 3.8) is 0 Å². The van der Waals surface area contributed by atoms with E-state index in [1.807, 2.05) is 6.07 Å². The maximum atomic E-state index is 13.2. The number of anilines is 1. The molecular weight excluding hydrogens is 438 g/mol. The quantitative estimate of drug-likeness (QED) is 0.250. The minimum absolute atomic E-state index is 0.0326. The Morgan fingerprint density at radius 3 is 2.58 bits per heavy atom. The maximum Gasteiger partial charge on any atom is 0.254 e. The van der Waals surface area contributed by atoms with Gasteiger partial charge in [0.05, 0.1) is 18.7 Å². The zero-order valence-electron chi connectivity index (χ0n) is 18.8. The number of nitrogens with zero attached hydrogens (tertiary/aromatic N) is 1. The summed E-state index contributed by atoms with van der Waals surface area (Å²) in [7, 11) is 1.35. The summed E-state index contributed by atoms with van der Waals surface area (Å²) in [5.74, 6) is -0.973. The molecule has 2 amide bonds. The van der Waals surface area contributed by atoms with Gasteiger partial charge in [-0.25, -0.2) is 0 Å². The molecule has 0 bridgehead atoms. The number of ether oxygens (including phenoxy) is 1. The van der Waals surface area contributed by atoms with Crippen molar-refractivity contribution in [3.05, 3.63) is 28.2 Å². The molecule has 3 aliphatic carbocycles. The predicted molar refractivity (Wildman–Crippen MR) is 127 cm³/mol. The van der Waals surface area contributed by atoms with E-state index in [0.717, 1.165) is 36.1 Å². The topological polar surface area (TPSA) is 139 Å². The van der Waals surface area contributed by atoms with Gasteiger partial charge in [-0.05, 0) is 56.4 Å². The van der Waals surface area contributed by atoms with E-state index in [1.54, 1.807) is 0 Å². The van der Waals surface area contributed by atoms with Crippen LogP contribution in [0.5, 0.6) is 0 Å². The summed E-state index contributed by atoms with van der Waals surface area (Å²) in [5, 5.41) is 32.8. The van der Waals surface area contributed by atoms with Gasteiger partial charge >= 0.3 is 0 Å². The molecule has 0 saturated heterocycles. The third-order valence-corrected chi connectivity index (χ3v) is 7.85. The molecule has 4 N–H and O–H groups in total. The number of hydrogen-bond acceptors (Lipinski definition) is 7. The third kappa shape index (κ3) is 5.01. The van der Waals surface area contributed by atoms with Crippen LogP contribution in [-0.2, 0) is 22.4 Å². The lowest BCUT2D eigenvalue weighted by atomic mass is 9.77. The van der Waals surface area contributed by atoms with E-state index >= 15 is 0 Å². The van der Waals surface area contributed by atoms with Crippen LogP contribution in [0.3, 0.4) is 0 Å². The molecule has 0 aromatic carbocycles. The molecule has 0 radical (unpaired) electrons. The average molecular weight is 468 g/mol. The normalized spacial score (nSPS) is 20.1. The molecule has 8 nitrogen and oxygen atoms in total. The van der Waals surface area contributed by atoms with Gasteiger partial charge < -0.3 is 20.8 Å². The first-order chi connectivity index (χ1) is 15.8. The highest BCUT2D eigenvalue weighted by molar-refractivity contribution is 7.17. The maximum absolute atomic E-state index is 13.2. The van der Waals surface area contributed by atoms with Gasteiger partial charge in [-0.2, -0.15) is 5.26 Å². The van der Waals surface area contributed by atoms with Crippen molar-refractivity contribution in [1.82, 2.24) is 5.32 Å². The SMILES string of the molecule is C=C(C#N)C(C(=N)OC)C(=N)C1CCc2sc(NC(=O)C3CC3)c(C(=O)NCC3CC3)c2C1. The second kappa shape index (κ2) is 9.48. The zero-order valence-corrected chi connectivity index (χ0v) is 19.6. The molecule has 2 unspecified atom stereocenters. The summed E-state index contributed by atoms with van der Waals surface area (Å²) in [6.45, 7) is 4.35. The minimum Gasteiger partial charge on any atom is -0.484 e. The third-order valence-electron chi connectivity index (χ3n) is 6.65. The molecule has 33 heavy (non-hydrogen) atoms. The van der Waals surface area contributed by atoms with Crippen molar-refractivity contribution in [2.45, 2.75) is 44.9 Å². The molecule has 2 fully saturated rings. The number of carbonyl (C=O) groups is 2. The van der Waals surface area contributed by atoms with Gasteiger partial charge in [0.25, 0.3) is 5.91 Å². The Bertz CT molecular complexity index is 1060. The fourth-order valence-electron chi connectivity index (χ4n) is 4.29. The summed E-state index contributed by atoms with van der Waals surface area (Å²) in [4.78, 5) is 26.7. The molecule has 2 saturated carbocycles. The number of amides is 2. The Morgan fingerprint density at radius 2 is 1.97 bits per heavy atom. The van der Waals surface area contributed by atoms with Gasteiger partial charge in [-0.15, -0.1) is 11.3 Å². The standard InChI is InChI=1S/C24H29N5O3S/c1-12(10-25)18(21(27)32-2)20(26)15-7-8-17-16(9-15)19(23(31)28-11-13-3-4-13)24(33-17)29-22(30)14-5-6-14/h13-15,18,26-27H,1,3-9,11H2,2H3,(H,28,31)(H,29,30). The molecule has 1 aromatic heterocycles. The molecular formula is C24H29N5O3S. The molecule has 174 valence electrons. The van der Waals surface area contributed by atoms with Crippen LogP contribution in [0, 0.1) is 45.8 Å². The van der Waals surface area contributed by atoms with Crippen LogP contribution in [-0.4, -0.2) is 37.1 Å². The summed E-state index contributed by atoms with van der Waals surface area (Å²) in [6.07, 6.45) is 5.80. The molecule has 2 atom stereocenters. The van der Waals surface area contributed by atoms with Crippen molar-refractivity contribution in [2.75, 3.05) is 19.0 Å². The van der Waals surface area contributed by atoms with Crippen LogP contribution in [0.4, 0.5) is 5.00 Å². The number of thiophene rings is 1. The number of hydrogen-bond donors (Lipinski definition) is 4. The Labute approximate surface area is 197 Å². The summed E-state index contributed by atoms with van der Waals surface area (Å²) in [6, 6.07) is 1.96. The second-order valence-electron chi connectivity index (χ2n) is 9.16. The average Bonchev–Trinajstić information content (AvgIpc) is 3.73. The second-order valence-corrected chi connectivity index (χ2v) is 10.3. The largest absolute Gasteiger partial charge is 0.484 e. The van der Waals surface area contributed by atoms with Crippen LogP contribution >= 0.6 is 11.3 Å². The molecule has 1 aromatic rings. The molecule has 0 spiro atoms. The van der Waals surface area contributed by atoms with Gasteiger partial charge in [0.1, 0.15) is 10.9 Å². The van der Waals surface area contributed by atoms with Crippen LogP contribution in [0.1, 0.15) is 52.9 Å². The van der Waals surface area contributed by atoms with Crippen LogP contribution < -0.4 is 10.6 Å². The summed E-state index contributed by atoms with van der Waals surface area (Å²) in [5.41, 5.74) is 1.69. The lowest BCUT2D eigenvalue weighted by Crippen LogP contribution is -2.34. The molecule has 0 aliphatic heterocycles. The van der Waals surface area contributed by atoms with E-state index in [4.69, 9.17) is 15.6 Å². The van der Waals surface area contributed by atoms with Crippen molar-refractivity contribution in [3.8, 4) is 6.07 Å². The minimum atomic E-state index is -0.897. The lowest BCUT2D eigenvalue weighted by molar-refractivity contribution is -0.117.